The number of rotatable bonds is 6. The molecule has 0 N–H and O–H groups in total. The van der Waals surface area contributed by atoms with Crippen molar-refractivity contribution in [3.63, 3.8) is 0 Å². The van der Waals surface area contributed by atoms with E-state index < -0.39 is 0 Å². The van der Waals surface area contributed by atoms with Crippen molar-refractivity contribution in [3.8, 4) is 34.3 Å². The standard InChI is InChI=1S/C21H23NO4S/c1-4-5-9-25-18-12-16(19-7-6-15(2)27-19)11-17-13-22(20(23)14-24-3)8-10-26-21(17)18/h1,6-7,11-12H,5,8-10,13-14H2,2-3H3. The molecule has 0 bridgehead atoms. The summed E-state index contributed by atoms with van der Waals surface area (Å²) >= 11 is 1.72. The summed E-state index contributed by atoms with van der Waals surface area (Å²) < 4.78 is 16.9. The lowest BCUT2D eigenvalue weighted by Crippen LogP contribution is -2.34. The Morgan fingerprint density at radius 1 is 1.41 bits per heavy atom. The fourth-order valence-electron chi connectivity index (χ4n) is 2.97. The highest BCUT2D eigenvalue weighted by molar-refractivity contribution is 7.15. The average Bonchev–Trinajstić information content (AvgIpc) is 2.97. The second-order valence-corrected chi connectivity index (χ2v) is 7.56. The summed E-state index contributed by atoms with van der Waals surface area (Å²) in [4.78, 5) is 16.5. The van der Waals surface area contributed by atoms with E-state index in [9.17, 15) is 4.79 Å². The maximum atomic E-state index is 12.3. The SMILES string of the molecule is C#CCCOc1cc(-c2ccc(C)s2)cc2c1OCCN(C(=O)COC)C2. The molecule has 1 aliphatic heterocycles. The van der Waals surface area contributed by atoms with Gasteiger partial charge < -0.3 is 19.1 Å². The Morgan fingerprint density at radius 3 is 2.96 bits per heavy atom. The van der Waals surface area contributed by atoms with Crippen LogP contribution in [0.1, 0.15) is 16.9 Å². The van der Waals surface area contributed by atoms with Crippen molar-refractivity contribution in [2.24, 2.45) is 0 Å². The third kappa shape index (κ3) is 4.62. The number of ether oxygens (including phenoxy) is 3. The van der Waals surface area contributed by atoms with Crippen molar-refractivity contribution < 1.29 is 19.0 Å². The number of methoxy groups -OCH3 is 1. The minimum Gasteiger partial charge on any atom is -0.489 e. The lowest BCUT2D eigenvalue weighted by molar-refractivity contribution is -0.135. The molecular weight excluding hydrogens is 362 g/mol. The van der Waals surface area contributed by atoms with Gasteiger partial charge in [-0.05, 0) is 36.8 Å². The molecule has 1 aromatic heterocycles. The van der Waals surface area contributed by atoms with Crippen LogP contribution < -0.4 is 9.47 Å². The average molecular weight is 385 g/mol. The van der Waals surface area contributed by atoms with Gasteiger partial charge in [-0.2, -0.15) is 0 Å². The van der Waals surface area contributed by atoms with E-state index in [0.29, 0.717) is 44.2 Å². The van der Waals surface area contributed by atoms with Crippen molar-refractivity contribution in [2.45, 2.75) is 19.9 Å². The summed E-state index contributed by atoms with van der Waals surface area (Å²) in [5.41, 5.74) is 1.98. The smallest absolute Gasteiger partial charge is 0.248 e. The van der Waals surface area contributed by atoms with Gasteiger partial charge in [0.15, 0.2) is 11.5 Å². The summed E-state index contributed by atoms with van der Waals surface area (Å²) in [6, 6.07) is 8.26. The van der Waals surface area contributed by atoms with Crippen LogP contribution in [0.15, 0.2) is 24.3 Å². The van der Waals surface area contributed by atoms with E-state index in [4.69, 9.17) is 20.6 Å². The Hall–Kier alpha value is -2.49. The van der Waals surface area contributed by atoms with Gasteiger partial charge in [0.05, 0.1) is 13.2 Å². The highest BCUT2D eigenvalue weighted by atomic mass is 32.1. The molecule has 2 heterocycles. The molecule has 0 spiro atoms. The predicted molar refractivity (Wildman–Crippen MR) is 106 cm³/mol. The summed E-state index contributed by atoms with van der Waals surface area (Å²) in [6.45, 7) is 3.94. The number of carbonyl (C=O) groups excluding carboxylic acids is 1. The molecule has 2 aromatic rings. The molecule has 5 nitrogen and oxygen atoms in total. The molecule has 1 amide bonds. The molecule has 0 atom stereocenters. The molecular formula is C21H23NO4S. The van der Waals surface area contributed by atoms with Gasteiger partial charge in [0, 0.05) is 35.4 Å². The zero-order valence-corrected chi connectivity index (χ0v) is 16.4. The summed E-state index contributed by atoms with van der Waals surface area (Å²) in [5, 5.41) is 0. The monoisotopic (exact) mass is 385 g/mol. The fourth-order valence-corrected chi connectivity index (χ4v) is 3.83. The Kier molecular flexibility index (Phi) is 6.38. The predicted octanol–water partition coefficient (Wildman–Crippen LogP) is 3.49. The van der Waals surface area contributed by atoms with Gasteiger partial charge in [-0.3, -0.25) is 4.79 Å². The number of nitrogens with zero attached hydrogens (tertiary/aromatic N) is 1. The lowest BCUT2D eigenvalue weighted by Gasteiger charge is -2.20. The second kappa shape index (κ2) is 8.94. The first-order chi connectivity index (χ1) is 13.1. The molecule has 0 saturated heterocycles. The first-order valence-electron chi connectivity index (χ1n) is 8.82. The van der Waals surface area contributed by atoms with Crippen molar-refractivity contribution in [1.82, 2.24) is 4.90 Å². The summed E-state index contributed by atoms with van der Waals surface area (Å²) in [7, 11) is 1.52. The zero-order chi connectivity index (χ0) is 19.2. The normalized spacial score (nSPS) is 13.3. The first kappa shape index (κ1) is 19.3. The van der Waals surface area contributed by atoms with E-state index in [0.717, 1.165) is 16.0 Å². The molecule has 0 fully saturated rings. The minimum atomic E-state index is -0.0545. The van der Waals surface area contributed by atoms with Gasteiger partial charge in [0.25, 0.3) is 0 Å². The number of aryl methyl sites for hydroxylation is 1. The molecule has 27 heavy (non-hydrogen) atoms. The minimum absolute atomic E-state index is 0.0545. The maximum absolute atomic E-state index is 12.3. The Balaban J connectivity index is 1.98. The Labute approximate surface area is 163 Å². The number of terminal acetylenes is 1. The molecule has 0 radical (unpaired) electrons. The quantitative estimate of drug-likeness (QED) is 0.564. The van der Waals surface area contributed by atoms with Crippen LogP contribution in [0, 0.1) is 19.3 Å². The van der Waals surface area contributed by atoms with Gasteiger partial charge in [0.2, 0.25) is 5.91 Å². The number of amides is 1. The van der Waals surface area contributed by atoms with Gasteiger partial charge >= 0.3 is 0 Å². The van der Waals surface area contributed by atoms with Crippen molar-refractivity contribution in [1.29, 1.82) is 0 Å². The maximum Gasteiger partial charge on any atom is 0.248 e. The van der Waals surface area contributed by atoms with Crippen LogP contribution in [0.3, 0.4) is 0 Å². The van der Waals surface area contributed by atoms with Crippen molar-refractivity contribution in [3.05, 3.63) is 34.7 Å². The number of hydrogen-bond acceptors (Lipinski definition) is 5. The third-order valence-electron chi connectivity index (χ3n) is 4.25. The van der Waals surface area contributed by atoms with Crippen LogP contribution >= 0.6 is 11.3 Å². The summed E-state index contributed by atoms with van der Waals surface area (Å²) in [6.07, 6.45) is 5.87. The first-order valence-corrected chi connectivity index (χ1v) is 9.63. The van der Waals surface area contributed by atoms with E-state index in [2.05, 4.69) is 31.0 Å². The van der Waals surface area contributed by atoms with E-state index >= 15 is 0 Å². The number of thiophene rings is 1. The van der Waals surface area contributed by atoms with Gasteiger partial charge in [-0.25, -0.2) is 0 Å². The zero-order valence-electron chi connectivity index (χ0n) is 15.6. The molecule has 0 saturated carbocycles. The number of carbonyl (C=O) groups is 1. The van der Waals surface area contributed by atoms with Crippen molar-refractivity contribution >= 4 is 17.2 Å². The summed E-state index contributed by atoms with van der Waals surface area (Å²) in [5.74, 6) is 3.89. The highest BCUT2D eigenvalue weighted by Gasteiger charge is 2.23. The van der Waals surface area contributed by atoms with Crippen LogP contribution in [0.4, 0.5) is 0 Å². The van der Waals surface area contributed by atoms with E-state index in [1.54, 1.807) is 16.2 Å². The van der Waals surface area contributed by atoms with Gasteiger partial charge in [-0.15, -0.1) is 23.7 Å². The van der Waals surface area contributed by atoms with E-state index in [-0.39, 0.29) is 12.5 Å². The topological polar surface area (TPSA) is 48.0 Å². The molecule has 1 aliphatic rings. The van der Waals surface area contributed by atoms with Crippen LogP contribution in [-0.4, -0.2) is 44.3 Å². The van der Waals surface area contributed by atoms with Crippen LogP contribution in [-0.2, 0) is 16.1 Å². The lowest BCUT2D eigenvalue weighted by atomic mass is 10.1. The van der Waals surface area contributed by atoms with Crippen LogP contribution in [0.2, 0.25) is 0 Å². The third-order valence-corrected chi connectivity index (χ3v) is 5.30. The number of fused-ring (bicyclic) bond motifs is 1. The molecule has 0 unspecified atom stereocenters. The molecule has 142 valence electrons. The second-order valence-electron chi connectivity index (χ2n) is 6.27. The van der Waals surface area contributed by atoms with Gasteiger partial charge in [-0.1, -0.05) is 0 Å². The van der Waals surface area contributed by atoms with E-state index in [1.807, 2.05) is 6.07 Å². The molecule has 1 aromatic carbocycles. The molecule has 6 heteroatoms. The Bertz CT molecular complexity index is 852. The highest BCUT2D eigenvalue weighted by Crippen LogP contribution is 2.40. The molecule has 3 rings (SSSR count). The number of benzene rings is 1. The van der Waals surface area contributed by atoms with Crippen LogP contribution in [0.25, 0.3) is 10.4 Å². The largest absolute Gasteiger partial charge is 0.489 e. The Morgan fingerprint density at radius 2 is 2.26 bits per heavy atom. The van der Waals surface area contributed by atoms with Crippen LogP contribution in [0.5, 0.6) is 11.5 Å². The number of hydrogen-bond donors (Lipinski definition) is 0. The van der Waals surface area contributed by atoms with Gasteiger partial charge in [0.1, 0.15) is 13.2 Å². The van der Waals surface area contributed by atoms with Crippen molar-refractivity contribution in [2.75, 3.05) is 33.5 Å². The van der Waals surface area contributed by atoms with E-state index in [1.165, 1.54) is 12.0 Å². The molecule has 0 aliphatic carbocycles. The fraction of sp³-hybridized carbons (Fsp3) is 0.381.